The van der Waals surface area contributed by atoms with Crippen LogP contribution in [0, 0.1) is 17.8 Å². The summed E-state index contributed by atoms with van der Waals surface area (Å²) in [5.41, 5.74) is -4.05. The van der Waals surface area contributed by atoms with Crippen LogP contribution >= 0.6 is 0 Å². The molecule has 7 rings (SSSR count). The third-order valence-corrected chi connectivity index (χ3v) is 9.77. The molecule has 3 aliphatic heterocycles. The van der Waals surface area contributed by atoms with Gasteiger partial charge in [0.25, 0.3) is 0 Å². The normalized spacial score (nSPS) is 55.0. The van der Waals surface area contributed by atoms with Crippen molar-refractivity contribution in [3.8, 4) is 0 Å². The predicted molar refractivity (Wildman–Crippen MR) is 121 cm³/mol. The van der Waals surface area contributed by atoms with Crippen LogP contribution in [0.2, 0.25) is 0 Å². The molecule has 11 atom stereocenters. The van der Waals surface area contributed by atoms with Crippen molar-refractivity contribution in [3.63, 3.8) is 0 Å². The van der Waals surface area contributed by atoms with Gasteiger partial charge in [-0.25, -0.2) is 0 Å². The summed E-state index contributed by atoms with van der Waals surface area (Å²) in [6.45, 7) is 9.26. The molecule has 3 aliphatic carbocycles. The number of epoxide rings is 1. The number of fused-ring (bicyclic) bond motifs is 3. The van der Waals surface area contributed by atoms with Crippen molar-refractivity contribution < 1.29 is 39.1 Å². The zero-order chi connectivity index (χ0) is 24.8. The molecule has 1 aromatic carbocycles. The first-order valence-electron chi connectivity index (χ1n) is 12.3. The molecule has 2 saturated carbocycles. The fraction of sp³-hybridized carbons (Fsp3) is 0.593. The van der Waals surface area contributed by atoms with Crippen LogP contribution in [-0.4, -0.2) is 68.4 Å². The summed E-state index contributed by atoms with van der Waals surface area (Å²) in [5, 5.41) is 34.0. The molecule has 0 spiro atoms. The Labute approximate surface area is 203 Å². The summed E-state index contributed by atoms with van der Waals surface area (Å²) in [6, 6.07) is 9.35. The maximum atomic E-state index is 13.5. The van der Waals surface area contributed by atoms with Gasteiger partial charge >= 0.3 is 5.97 Å². The van der Waals surface area contributed by atoms with Gasteiger partial charge in [-0.15, -0.1) is 0 Å². The highest BCUT2D eigenvalue weighted by Gasteiger charge is 2.88. The Morgan fingerprint density at radius 3 is 2.54 bits per heavy atom. The Kier molecular flexibility index (Phi) is 4.02. The second-order valence-corrected chi connectivity index (χ2v) is 11.4. The van der Waals surface area contributed by atoms with Crippen LogP contribution in [0.15, 0.2) is 54.1 Å². The van der Waals surface area contributed by atoms with E-state index in [1.54, 1.807) is 13.0 Å². The first kappa shape index (κ1) is 22.3. The molecule has 0 amide bonds. The van der Waals surface area contributed by atoms with Crippen molar-refractivity contribution in [1.29, 1.82) is 0 Å². The molecule has 0 unspecified atom stereocenters. The number of hydrogen-bond acceptors (Lipinski definition) is 8. The fourth-order valence-electron chi connectivity index (χ4n) is 8.10. The topological polar surface area (TPSA) is 118 Å². The number of carbonyl (C=O) groups is 1. The summed E-state index contributed by atoms with van der Waals surface area (Å²) in [5.74, 6) is -3.85. The van der Waals surface area contributed by atoms with E-state index >= 15 is 0 Å². The van der Waals surface area contributed by atoms with E-state index < -0.39 is 70.9 Å². The molecular weight excluding hydrogens is 452 g/mol. The van der Waals surface area contributed by atoms with Crippen LogP contribution in [0.1, 0.15) is 32.8 Å². The van der Waals surface area contributed by atoms with Crippen LogP contribution < -0.4 is 0 Å². The van der Waals surface area contributed by atoms with E-state index in [0.29, 0.717) is 17.6 Å². The van der Waals surface area contributed by atoms with Gasteiger partial charge in [0.15, 0.2) is 11.4 Å². The molecule has 6 aliphatic rings. The van der Waals surface area contributed by atoms with Gasteiger partial charge in [0.05, 0.1) is 12.2 Å². The highest BCUT2D eigenvalue weighted by molar-refractivity contribution is 6.05. The molecule has 1 aromatic rings. The van der Waals surface area contributed by atoms with Gasteiger partial charge in [-0.05, 0) is 37.3 Å². The van der Waals surface area contributed by atoms with Crippen molar-refractivity contribution in [2.45, 2.75) is 73.9 Å². The zero-order valence-corrected chi connectivity index (χ0v) is 19.9. The van der Waals surface area contributed by atoms with E-state index in [-0.39, 0.29) is 5.92 Å². The largest absolute Gasteiger partial charge is 0.393 e. The average molecular weight is 483 g/mol. The Morgan fingerprint density at radius 1 is 1.17 bits per heavy atom. The molecule has 0 aromatic heterocycles. The Hall–Kier alpha value is -1.91. The lowest BCUT2D eigenvalue weighted by molar-refractivity contribution is -0.439. The lowest BCUT2D eigenvalue weighted by Crippen LogP contribution is -2.72. The van der Waals surface area contributed by atoms with Crippen LogP contribution in [0.4, 0.5) is 0 Å². The molecule has 3 heterocycles. The van der Waals surface area contributed by atoms with Crippen LogP contribution in [0.3, 0.4) is 0 Å². The third kappa shape index (κ3) is 2.16. The van der Waals surface area contributed by atoms with Gasteiger partial charge < -0.3 is 34.3 Å². The number of rotatable bonds is 3. The summed E-state index contributed by atoms with van der Waals surface area (Å²) >= 11 is 0. The minimum absolute atomic E-state index is 0.243. The fourth-order valence-corrected chi connectivity index (χ4v) is 8.10. The summed E-state index contributed by atoms with van der Waals surface area (Å²) in [7, 11) is 0. The SMILES string of the molecule is C=C(C)[C@]12C[C@@H](C)[C@@]34O[C@@](c5ccccc5)(O[C@@H]1[C@H]3[C@@H]1O[C@]1(CO)[C@@H](O)[C@]1(O)C(=O)C(C)=C[C@H]14)O2. The molecule has 8 heteroatoms. The number of hydrogen-bond donors (Lipinski definition) is 3. The summed E-state index contributed by atoms with van der Waals surface area (Å²) in [6.07, 6.45) is -0.731. The van der Waals surface area contributed by atoms with Crippen LogP contribution in [-0.2, 0) is 29.7 Å². The van der Waals surface area contributed by atoms with E-state index in [2.05, 4.69) is 6.58 Å². The summed E-state index contributed by atoms with van der Waals surface area (Å²) < 4.78 is 26.5. The highest BCUT2D eigenvalue weighted by Crippen LogP contribution is 2.73. The number of aliphatic hydroxyl groups excluding tert-OH is 2. The molecule has 3 saturated heterocycles. The van der Waals surface area contributed by atoms with E-state index in [0.717, 1.165) is 5.57 Å². The minimum Gasteiger partial charge on any atom is -0.393 e. The van der Waals surface area contributed by atoms with Crippen molar-refractivity contribution in [1.82, 2.24) is 0 Å². The predicted octanol–water partition coefficient (Wildman–Crippen LogP) is 1.33. The number of carbonyl (C=O) groups excluding carboxylic acids is 1. The minimum atomic E-state index is -2.22. The summed E-state index contributed by atoms with van der Waals surface area (Å²) in [4.78, 5) is 13.5. The monoisotopic (exact) mass is 482 g/mol. The quantitative estimate of drug-likeness (QED) is 0.436. The lowest BCUT2D eigenvalue weighted by Gasteiger charge is -2.59. The molecule has 186 valence electrons. The van der Waals surface area contributed by atoms with Crippen molar-refractivity contribution >= 4 is 5.78 Å². The van der Waals surface area contributed by atoms with Crippen molar-refractivity contribution in [2.75, 3.05) is 6.61 Å². The van der Waals surface area contributed by atoms with Gasteiger partial charge in [-0.1, -0.05) is 49.9 Å². The maximum absolute atomic E-state index is 13.5. The molecule has 8 nitrogen and oxygen atoms in total. The van der Waals surface area contributed by atoms with Crippen molar-refractivity contribution in [3.05, 3.63) is 59.7 Å². The maximum Gasteiger partial charge on any atom is 0.313 e. The van der Waals surface area contributed by atoms with E-state index in [1.165, 1.54) is 0 Å². The molecular formula is C27H30O8. The Balaban J connectivity index is 1.53. The number of Topliss-reactive ketones (excluding diaryl/α,β-unsaturated/α-hetero) is 1. The standard InChI is InChI=1S/C27H30O8/c1-13(2)23-11-15(4)26-17-10-14(3)19(29)25(17,31)22(30)24(12-28)21(32-24)18(26)20(23)33-27(34-23,35-26)16-8-6-5-7-9-16/h5-10,15,17-18,20-22,28,30-31H,1,11-12H2,2-4H3/t15-,17-,18+,20-,21+,22-,23-,24+,25-,26+,27+/m1/s1. The smallest absolute Gasteiger partial charge is 0.313 e. The zero-order valence-electron chi connectivity index (χ0n) is 19.9. The highest BCUT2D eigenvalue weighted by atomic mass is 16.9. The molecule has 0 radical (unpaired) electrons. The lowest BCUT2D eigenvalue weighted by atomic mass is 9.54. The number of benzene rings is 1. The van der Waals surface area contributed by atoms with Crippen LogP contribution in [0.25, 0.3) is 0 Å². The average Bonchev–Trinajstić information content (AvgIpc) is 3.48. The molecule has 3 N–H and O–H groups in total. The molecule has 35 heavy (non-hydrogen) atoms. The Bertz CT molecular complexity index is 1200. The van der Waals surface area contributed by atoms with Crippen molar-refractivity contribution in [2.24, 2.45) is 17.8 Å². The third-order valence-electron chi connectivity index (χ3n) is 9.77. The second-order valence-electron chi connectivity index (χ2n) is 11.4. The number of aliphatic hydroxyl groups is 3. The van der Waals surface area contributed by atoms with Gasteiger partial charge in [-0.3, -0.25) is 4.79 Å². The number of ether oxygens (including phenoxy) is 4. The van der Waals surface area contributed by atoms with Gasteiger partial charge in [0.1, 0.15) is 29.5 Å². The first-order chi connectivity index (χ1) is 16.5. The second kappa shape index (κ2) is 6.31. The van der Waals surface area contributed by atoms with E-state index in [4.69, 9.17) is 18.9 Å². The molecule has 3 bridgehead atoms. The number of ketones is 1. The van der Waals surface area contributed by atoms with E-state index in [1.807, 2.05) is 44.2 Å². The van der Waals surface area contributed by atoms with E-state index in [9.17, 15) is 20.1 Å². The van der Waals surface area contributed by atoms with Gasteiger partial charge in [0.2, 0.25) is 0 Å². The van der Waals surface area contributed by atoms with Gasteiger partial charge in [-0.2, -0.15) is 0 Å². The van der Waals surface area contributed by atoms with Crippen LogP contribution in [0.5, 0.6) is 0 Å². The van der Waals surface area contributed by atoms with Gasteiger partial charge in [0, 0.05) is 17.4 Å². The Morgan fingerprint density at radius 2 is 1.89 bits per heavy atom. The molecule has 5 fully saturated rings. The first-order valence-corrected chi connectivity index (χ1v) is 12.3.